The summed E-state index contributed by atoms with van der Waals surface area (Å²) in [5.74, 6) is 1.49. The molecule has 1 saturated carbocycles. The summed E-state index contributed by atoms with van der Waals surface area (Å²) >= 11 is 0. The van der Waals surface area contributed by atoms with E-state index >= 15 is 0 Å². The highest BCUT2D eigenvalue weighted by molar-refractivity contribution is 5.50. The Hall–Kier alpha value is -2.21. The molecule has 0 radical (unpaired) electrons. The maximum Gasteiger partial charge on any atom is 0.225 e. The number of aryl methyl sites for hydroxylation is 1. The van der Waals surface area contributed by atoms with Crippen molar-refractivity contribution in [1.82, 2.24) is 15.0 Å². The fraction of sp³-hybridized carbons (Fsp3) is 0.526. The Labute approximate surface area is 149 Å². The van der Waals surface area contributed by atoms with Crippen molar-refractivity contribution in [3.63, 3.8) is 0 Å². The van der Waals surface area contributed by atoms with E-state index in [-0.39, 0.29) is 0 Å². The van der Waals surface area contributed by atoms with Gasteiger partial charge in [-0.05, 0) is 58.6 Å². The lowest BCUT2D eigenvalue weighted by molar-refractivity contribution is 0.0196. The molecule has 134 valence electrons. The molecule has 1 aliphatic carbocycles. The van der Waals surface area contributed by atoms with Gasteiger partial charge in [0.15, 0.2) is 0 Å². The highest BCUT2D eigenvalue weighted by Gasteiger charge is 2.29. The summed E-state index contributed by atoms with van der Waals surface area (Å²) in [6.45, 7) is 6.55. The standard InChI is InChI=1S/C19H27N5O/c1-13-14(2)22-18(21-12-16-6-4-5-11-20-16)24-17(13)23-15-7-9-19(3,25)10-8-15/h4-6,11,15,25H,7-10,12H2,1-3H3,(H2,21,22,23,24). The third-order valence-electron chi connectivity index (χ3n) is 4.95. The van der Waals surface area contributed by atoms with Crippen molar-refractivity contribution in [2.24, 2.45) is 0 Å². The summed E-state index contributed by atoms with van der Waals surface area (Å²) < 4.78 is 0. The van der Waals surface area contributed by atoms with E-state index < -0.39 is 5.60 Å². The number of hydrogen-bond donors (Lipinski definition) is 3. The molecule has 25 heavy (non-hydrogen) atoms. The molecule has 0 saturated heterocycles. The quantitative estimate of drug-likeness (QED) is 0.774. The van der Waals surface area contributed by atoms with Gasteiger partial charge in [0.1, 0.15) is 5.82 Å². The first kappa shape index (κ1) is 17.6. The van der Waals surface area contributed by atoms with E-state index in [1.54, 1.807) is 6.20 Å². The van der Waals surface area contributed by atoms with Crippen LogP contribution in [-0.2, 0) is 6.54 Å². The first-order chi connectivity index (χ1) is 11.9. The average Bonchev–Trinajstić information content (AvgIpc) is 2.60. The number of nitrogens with zero attached hydrogens (tertiary/aromatic N) is 3. The van der Waals surface area contributed by atoms with Gasteiger partial charge in [-0.2, -0.15) is 4.98 Å². The van der Waals surface area contributed by atoms with E-state index in [0.717, 1.165) is 48.5 Å². The maximum absolute atomic E-state index is 10.1. The number of nitrogens with one attached hydrogen (secondary N) is 2. The first-order valence-electron chi connectivity index (χ1n) is 8.91. The van der Waals surface area contributed by atoms with E-state index in [0.29, 0.717) is 18.5 Å². The molecule has 0 unspecified atom stereocenters. The van der Waals surface area contributed by atoms with Gasteiger partial charge >= 0.3 is 0 Å². The van der Waals surface area contributed by atoms with Gasteiger partial charge in [0.05, 0.1) is 17.8 Å². The second kappa shape index (κ2) is 7.35. The number of anilines is 2. The summed E-state index contributed by atoms with van der Waals surface area (Å²) in [6.07, 6.45) is 5.32. The van der Waals surface area contributed by atoms with Crippen LogP contribution in [0.15, 0.2) is 24.4 Å². The van der Waals surface area contributed by atoms with E-state index in [4.69, 9.17) is 0 Å². The SMILES string of the molecule is Cc1nc(NCc2ccccn2)nc(NC2CCC(C)(O)CC2)c1C. The Bertz CT molecular complexity index is 707. The number of aliphatic hydroxyl groups is 1. The molecule has 0 atom stereocenters. The topological polar surface area (TPSA) is 83.0 Å². The number of aromatic nitrogens is 3. The number of pyridine rings is 1. The van der Waals surface area contributed by atoms with E-state index in [1.807, 2.05) is 39.0 Å². The Morgan fingerprint density at radius 3 is 2.64 bits per heavy atom. The van der Waals surface area contributed by atoms with Gasteiger partial charge < -0.3 is 15.7 Å². The van der Waals surface area contributed by atoms with Crippen molar-refractivity contribution in [1.29, 1.82) is 0 Å². The second-order valence-electron chi connectivity index (χ2n) is 7.20. The lowest BCUT2D eigenvalue weighted by atomic mass is 9.83. The van der Waals surface area contributed by atoms with Crippen molar-refractivity contribution in [2.75, 3.05) is 10.6 Å². The van der Waals surface area contributed by atoms with Crippen molar-refractivity contribution in [2.45, 2.75) is 64.6 Å². The maximum atomic E-state index is 10.1. The third-order valence-corrected chi connectivity index (χ3v) is 4.95. The lowest BCUT2D eigenvalue weighted by Crippen LogP contribution is -2.36. The molecule has 2 aromatic heterocycles. The molecule has 3 N–H and O–H groups in total. The van der Waals surface area contributed by atoms with Crippen LogP contribution in [0.2, 0.25) is 0 Å². The van der Waals surface area contributed by atoms with Crippen LogP contribution in [0.4, 0.5) is 11.8 Å². The van der Waals surface area contributed by atoms with Crippen LogP contribution in [0.1, 0.15) is 49.6 Å². The van der Waals surface area contributed by atoms with Crippen molar-refractivity contribution in [3.05, 3.63) is 41.3 Å². The van der Waals surface area contributed by atoms with Gasteiger partial charge in [-0.15, -0.1) is 0 Å². The van der Waals surface area contributed by atoms with Crippen molar-refractivity contribution in [3.8, 4) is 0 Å². The summed E-state index contributed by atoms with van der Waals surface area (Å²) in [7, 11) is 0. The predicted molar refractivity (Wildman–Crippen MR) is 99.6 cm³/mol. The molecule has 0 aliphatic heterocycles. The van der Waals surface area contributed by atoms with Crippen LogP contribution in [-0.4, -0.2) is 31.7 Å². The zero-order chi connectivity index (χ0) is 17.9. The lowest BCUT2D eigenvalue weighted by Gasteiger charge is -2.34. The normalized spacial score (nSPS) is 23.3. The summed E-state index contributed by atoms with van der Waals surface area (Å²) in [5.41, 5.74) is 2.46. The Kier molecular flexibility index (Phi) is 5.18. The molecule has 1 aliphatic rings. The molecule has 2 aromatic rings. The Balaban J connectivity index is 1.68. The van der Waals surface area contributed by atoms with E-state index in [1.165, 1.54) is 0 Å². The van der Waals surface area contributed by atoms with Crippen molar-refractivity contribution >= 4 is 11.8 Å². The summed E-state index contributed by atoms with van der Waals surface area (Å²) in [5, 5.41) is 16.9. The number of hydrogen-bond acceptors (Lipinski definition) is 6. The fourth-order valence-corrected chi connectivity index (χ4v) is 3.10. The van der Waals surface area contributed by atoms with Crippen LogP contribution in [0, 0.1) is 13.8 Å². The highest BCUT2D eigenvalue weighted by atomic mass is 16.3. The largest absolute Gasteiger partial charge is 0.390 e. The fourth-order valence-electron chi connectivity index (χ4n) is 3.10. The third kappa shape index (κ3) is 4.66. The van der Waals surface area contributed by atoms with Gasteiger partial charge in [0, 0.05) is 23.5 Å². The molecule has 6 nitrogen and oxygen atoms in total. The van der Waals surface area contributed by atoms with Crippen LogP contribution < -0.4 is 10.6 Å². The highest BCUT2D eigenvalue weighted by Crippen LogP contribution is 2.30. The van der Waals surface area contributed by atoms with Gasteiger partial charge in [-0.1, -0.05) is 6.07 Å². The smallest absolute Gasteiger partial charge is 0.225 e. The molecule has 1 fully saturated rings. The Morgan fingerprint density at radius 2 is 1.96 bits per heavy atom. The molecule has 0 bridgehead atoms. The molecule has 3 rings (SSSR count). The summed E-state index contributed by atoms with van der Waals surface area (Å²) in [6, 6.07) is 6.19. The van der Waals surface area contributed by atoms with Crippen LogP contribution in [0.25, 0.3) is 0 Å². The predicted octanol–water partition coefficient (Wildman–Crippen LogP) is 3.21. The van der Waals surface area contributed by atoms with E-state index in [9.17, 15) is 5.11 Å². The second-order valence-corrected chi connectivity index (χ2v) is 7.20. The minimum Gasteiger partial charge on any atom is -0.390 e. The van der Waals surface area contributed by atoms with Crippen molar-refractivity contribution < 1.29 is 5.11 Å². The van der Waals surface area contributed by atoms with Gasteiger partial charge in [-0.25, -0.2) is 4.98 Å². The monoisotopic (exact) mass is 341 g/mol. The zero-order valence-corrected chi connectivity index (χ0v) is 15.2. The summed E-state index contributed by atoms with van der Waals surface area (Å²) in [4.78, 5) is 13.5. The first-order valence-corrected chi connectivity index (χ1v) is 8.91. The minimum atomic E-state index is -0.524. The van der Waals surface area contributed by atoms with Gasteiger partial charge in [0.2, 0.25) is 5.95 Å². The van der Waals surface area contributed by atoms with Crippen LogP contribution >= 0.6 is 0 Å². The number of rotatable bonds is 5. The van der Waals surface area contributed by atoms with Gasteiger partial charge in [0.25, 0.3) is 0 Å². The molecule has 0 aromatic carbocycles. The molecule has 6 heteroatoms. The zero-order valence-electron chi connectivity index (χ0n) is 15.2. The molecule has 2 heterocycles. The van der Waals surface area contributed by atoms with Crippen LogP contribution in [0.5, 0.6) is 0 Å². The molecule has 0 spiro atoms. The molecule has 0 amide bonds. The molecular formula is C19H27N5O. The van der Waals surface area contributed by atoms with E-state index in [2.05, 4.69) is 25.6 Å². The van der Waals surface area contributed by atoms with Crippen LogP contribution in [0.3, 0.4) is 0 Å². The minimum absolute atomic E-state index is 0.344. The van der Waals surface area contributed by atoms with Gasteiger partial charge in [-0.3, -0.25) is 4.98 Å². The Morgan fingerprint density at radius 1 is 1.20 bits per heavy atom. The molecular weight excluding hydrogens is 314 g/mol. The average molecular weight is 341 g/mol.